The van der Waals surface area contributed by atoms with E-state index in [2.05, 4.69) is 15.0 Å². The third kappa shape index (κ3) is 2.55. The second kappa shape index (κ2) is 5.86. The fourth-order valence-electron chi connectivity index (χ4n) is 2.63. The third-order valence-corrected chi connectivity index (χ3v) is 3.84. The monoisotopic (exact) mass is 323 g/mol. The summed E-state index contributed by atoms with van der Waals surface area (Å²) in [5, 5.41) is 0. The number of hydrogen-bond acceptors (Lipinski definition) is 5. The Morgan fingerprint density at radius 2 is 1.96 bits per heavy atom. The molecule has 0 radical (unpaired) electrons. The number of hydrogen-bond donors (Lipinski definition) is 1. The zero-order valence-electron chi connectivity index (χ0n) is 12.6. The van der Waals surface area contributed by atoms with E-state index in [0.717, 1.165) is 5.56 Å². The number of nitrogens with two attached hydrogens (primary N) is 1. The number of nitrogens with zero attached hydrogens (tertiary/aromatic N) is 4. The quantitative estimate of drug-likeness (QED) is 0.624. The summed E-state index contributed by atoms with van der Waals surface area (Å²) in [4.78, 5) is 13.0. The number of fused-ring (bicyclic) bond motifs is 1. The molecular weight excluding hydrogens is 309 g/mol. The third-order valence-electron chi connectivity index (χ3n) is 3.84. The van der Waals surface area contributed by atoms with E-state index in [0.29, 0.717) is 29.5 Å². The van der Waals surface area contributed by atoms with Crippen molar-refractivity contribution in [2.45, 2.75) is 12.6 Å². The zero-order valence-corrected chi connectivity index (χ0v) is 12.6. The van der Waals surface area contributed by atoms with E-state index < -0.39 is 6.04 Å². The van der Waals surface area contributed by atoms with Crippen molar-refractivity contribution in [2.24, 2.45) is 5.73 Å². The Labute approximate surface area is 137 Å². The van der Waals surface area contributed by atoms with Crippen LogP contribution in [0.3, 0.4) is 0 Å². The molecule has 3 heterocycles. The molecule has 2 aromatic rings. The first kappa shape index (κ1) is 14.5. The minimum Gasteiger partial charge on any atom is -0.467 e. The van der Waals surface area contributed by atoms with E-state index in [9.17, 15) is 4.39 Å². The van der Waals surface area contributed by atoms with Crippen LogP contribution in [0.5, 0.6) is 0 Å². The molecule has 0 saturated carbocycles. The molecule has 0 spiro atoms. The first-order valence-electron chi connectivity index (χ1n) is 7.41. The summed E-state index contributed by atoms with van der Waals surface area (Å²) in [5.41, 5.74) is 8.40. The van der Waals surface area contributed by atoms with Crippen molar-refractivity contribution in [1.82, 2.24) is 19.5 Å². The number of furan rings is 1. The molecule has 0 bridgehead atoms. The van der Waals surface area contributed by atoms with Crippen LogP contribution in [0.1, 0.15) is 23.1 Å². The van der Waals surface area contributed by atoms with E-state index in [-0.39, 0.29) is 5.82 Å². The van der Waals surface area contributed by atoms with Gasteiger partial charge in [0.25, 0.3) is 0 Å². The Morgan fingerprint density at radius 1 is 1.12 bits per heavy atom. The van der Waals surface area contributed by atoms with Crippen LogP contribution in [-0.4, -0.2) is 19.5 Å². The van der Waals surface area contributed by atoms with Crippen LogP contribution in [0.4, 0.5) is 4.39 Å². The Kier molecular flexibility index (Phi) is 3.55. The molecule has 1 aromatic carbocycles. The maximum atomic E-state index is 13.0. The first-order chi connectivity index (χ1) is 11.7. The average molecular weight is 323 g/mol. The SMILES string of the molecule is NC(c1ccco1)c1ncn(Cc2ccc(F)cc2)c2ncnc1-2. The van der Waals surface area contributed by atoms with Crippen molar-refractivity contribution >= 4 is 0 Å². The van der Waals surface area contributed by atoms with Gasteiger partial charge in [-0.3, -0.25) is 0 Å². The Morgan fingerprint density at radius 3 is 2.71 bits per heavy atom. The predicted octanol–water partition coefficient (Wildman–Crippen LogP) is 2.61. The first-order valence-corrected chi connectivity index (χ1v) is 7.41. The molecule has 120 valence electrons. The Hall–Kier alpha value is -3.06. The highest BCUT2D eigenvalue weighted by Gasteiger charge is 2.23. The Bertz CT molecular complexity index is 917. The van der Waals surface area contributed by atoms with Gasteiger partial charge in [-0.2, -0.15) is 0 Å². The van der Waals surface area contributed by atoms with E-state index in [1.165, 1.54) is 18.5 Å². The normalized spacial score (nSPS) is 12.6. The molecule has 2 aliphatic heterocycles. The summed E-state index contributed by atoms with van der Waals surface area (Å²) < 4.78 is 20.3. The van der Waals surface area contributed by atoms with Gasteiger partial charge >= 0.3 is 0 Å². The van der Waals surface area contributed by atoms with Gasteiger partial charge in [0.15, 0.2) is 5.82 Å². The molecule has 2 N–H and O–H groups in total. The molecular formula is C17H14FN5O. The molecule has 0 fully saturated rings. The average Bonchev–Trinajstić information content (AvgIpc) is 3.28. The molecule has 1 atom stereocenters. The van der Waals surface area contributed by atoms with Gasteiger partial charge < -0.3 is 14.7 Å². The fraction of sp³-hybridized carbons (Fsp3) is 0.118. The van der Waals surface area contributed by atoms with Crippen LogP contribution in [0.2, 0.25) is 0 Å². The van der Waals surface area contributed by atoms with Gasteiger partial charge in [-0.15, -0.1) is 0 Å². The number of halogens is 1. The number of rotatable bonds is 4. The van der Waals surface area contributed by atoms with Crippen LogP contribution in [-0.2, 0) is 6.54 Å². The zero-order chi connectivity index (χ0) is 16.5. The van der Waals surface area contributed by atoms with Crippen LogP contribution in [0.15, 0.2) is 59.7 Å². The van der Waals surface area contributed by atoms with Gasteiger partial charge in [-0.1, -0.05) is 12.1 Å². The minimum absolute atomic E-state index is 0.264. The van der Waals surface area contributed by atoms with Gasteiger partial charge in [-0.05, 0) is 29.8 Å². The summed E-state index contributed by atoms with van der Waals surface area (Å²) in [6.07, 6.45) is 4.71. The highest BCUT2D eigenvalue weighted by molar-refractivity contribution is 5.56. The summed E-state index contributed by atoms with van der Waals surface area (Å²) in [7, 11) is 0. The van der Waals surface area contributed by atoms with Gasteiger partial charge in [-0.25, -0.2) is 19.3 Å². The summed E-state index contributed by atoms with van der Waals surface area (Å²) in [6, 6.07) is 9.38. The lowest BCUT2D eigenvalue weighted by Gasteiger charge is -2.16. The molecule has 0 saturated heterocycles. The topological polar surface area (TPSA) is 82.8 Å². The minimum atomic E-state index is -0.514. The molecule has 24 heavy (non-hydrogen) atoms. The lowest BCUT2D eigenvalue weighted by molar-refractivity contribution is 0.485. The summed E-state index contributed by atoms with van der Waals surface area (Å²) in [5.74, 6) is 1.02. The maximum Gasteiger partial charge on any atom is 0.163 e. The van der Waals surface area contributed by atoms with E-state index in [1.807, 2.05) is 4.57 Å². The number of imidazole rings is 1. The van der Waals surface area contributed by atoms with Gasteiger partial charge in [0.05, 0.1) is 24.8 Å². The fourth-order valence-corrected chi connectivity index (χ4v) is 2.63. The molecule has 4 rings (SSSR count). The van der Waals surface area contributed by atoms with Crippen LogP contribution in [0, 0.1) is 5.82 Å². The molecule has 7 heteroatoms. The van der Waals surface area contributed by atoms with Crippen LogP contribution >= 0.6 is 0 Å². The predicted molar refractivity (Wildman–Crippen MR) is 84.7 cm³/mol. The standard InChI is InChI=1S/C17H14FN5O/c18-12-5-3-11(4-6-12)8-23-10-22-15(16-17(23)21-9-20-16)14(19)13-2-1-7-24-13/h1-7,9-10,14H,8,19H2. The maximum absolute atomic E-state index is 13.0. The smallest absolute Gasteiger partial charge is 0.163 e. The lowest BCUT2D eigenvalue weighted by atomic mass is 10.1. The van der Waals surface area contributed by atoms with E-state index >= 15 is 0 Å². The van der Waals surface area contributed by atoms with Crippen molar-refractivity contribution in [1.29, 1.82) is 0 Å². The lowest BCUT2D eigenvalue weighted by Crippen LogP contribution is -2.17. The Balaban J connectivity index is 1.70. The molecule has 0 amide bonds. The molecule has 2 aliphatic rings. The highest BCUT2D eigenvalue weighted by Crippen LogP contribution is 2.28. The molecule has 0 aliphatic carbocycles. The van der Waals surface area contributed by atoms with Crippen molar-refractivity contribution in [3.05, 3.63) is 78.2 Å². The number of aromatic nitrogens is 4. The van der Waals surface area contributed by atoms with Crippen molar-refractivity contribution in [3.63, 3.8) is 0 Å². The second-order valence-corrected chi connectivity index (χ2v) is 5.42. The van der Waals surface area contributed by atoms with Crippen molar-refractivity contribution in [3.8, 4) is 11.5 Å². The largest absolute Gasteiger partial charge is 0.467 e. The van der Waals surface area contributed by atoms with E-state index in [1.54, 1.807) is 36.9 Å². The molecule has 1 unspecified atom stereocenters. The van der Waals surface area contributed by atoms with Gasteiger partial charge in [0, 0.05) is 0 Å². The summed E-state index contributed by atoms with van der Waals surface area (Å²) in [6.45, 7) is 0.513. The highest BCUT2D eigenvalue weighted by atomic mass is 19.1. The van der Waals surface area contributed by atoms with Crippen molar-refractivity contribution in [2.75, 3.05) is 0 Å². The van der Waals surface area contributed by atoms with Crippen LogP contribution in [0.25, 0.3) is 11.5 Å². The molecule has 1 aromatic heterocycles. The van der Waals surface area contributed by atoms with E-state index in [4.69, 9.17) is 10.2 Å². The second-order valence-electron chi connectivity index (χ2n) is 5.42. The van der Waals surface area contributed by atoms with Gasteiger partial charge in [0.1, 0.15) is 29.6 Å². The van der Waals surface area contributed by atoms with Crippen molar-refractivity contribution < 1.29 is 8.81 Å². The summed E-state index contributed by atoms with van der Waals surface area (Å²) >= 11 is 0. The number of benzene rings is 1. The van der Waals surface area contributed by atoms with Gasteiger partial charge in [0.2, 0.25) is 0 Å². The van der Waals surface area contributed by atoms with Crippen LogP contribution < -0.4 is 5.73 Å². The molecule has 6 nitrogen and oxygen atoms in total.